The van der Waals surface area contributed by atoms with Gasteiger partial charge in [0.25, 0.3) is 0 Å². The van der Waals surface area contributed by atoms with Crippen molar-refractivity contribution in [3.8, 4) is 0 Å². The molecule has 0 amide bonds. The summed E-state index contributed by atoms with van der Waals surface area (Å²) in [5.74, 6) is 0.582. The molecule has 1 saturated carbocycles. The van der Waals surface area contributed by atoms with Crippen LogP contribution >= 0.6 is 0 Å². The Labute approximate surface area is 72.6 Å². The van der Waals surface area contributed by atoms with E-state index in [-0.39, 0.29) is 0 Å². The third-order valence-corrected chi connectivity index (χ3v) is 2.40. The molecule has 2 atom stereocenters. The van der Waals surface area contributed by atoms with Gasteiger partial charge in [-0.2, -0.15) is 5.10 Å². The summed E-state index contributed by atoms with van der Waals surface area (Å²) in [5.41, 5.74) is 7.11. The van der Waals surface area contributed by atoms with Crippen LogP contribution in [0.4, 0.5) is 0 Å². The van der Waals surface area contributed by atoms with E-state index >= 15 is 0 Å². The fraction of sp³-hybridized carbons (Fsp3) is 0.667. The molecule has 1 aromatic heterocycles. The quantitative estimate of drug-likeness (QED) is 0.729. The molecule has 3 nitrogen and oxygen atoms in total. The molecule has 0 aliphatic heterocycles. The van der Waals surface area contributed by atoms with Gasteiger partial charge in [0, 0.05) is 30.4 Å². The normalized spacial score (nSPS) is 27.5. The lowest BCUT2D eigenvalue weighted by Gasteiger charge is -2.03. The second kappa shape index (κ2) is 2.90. The third kappa shape index (κ3) is 1.25. The van der Waals surface area contributed by atoms with Crippen molar-refractivity contribution in [3.63, 3.8) is 0 Å². The zero-order valence-corrected chi connectivity index (χ0v) is 7.40. The molecule has 0 spiro atoms. The second-order valence-electron chi connectivity index (χ2n) is 3.49. The zero-order valence-electron chi connectivity index (χ0n) is 7.40. The Bertz CT molecular complexity index is 266. The van der Waals surface area contributed by atoms with Crippen molar-refractivity contribution in [2.75, 3.05) is 0 Å². The number of hydrogen-bond acceptors (Lipinski definition) is 2. The number of aromatic nitrogens is 2. The number of nitrogens with zero attached hydrogens (tertiary/aromatic N) is 2. The SMILES string of the molecule is CCCn1nccc1C1CC1N. The van der Waals surface area contributed by atoms with Crippen LogP contribution in [0, 0.1) is 0 Å². The van der Waals surface area contributed by atoms with Crippen molar-refractivity contribution in [3.05, 3.63) is 18.0 Å². The topological polar surface area (TPSA) is 43.8 Å². The molecule has 2 rings (SSSR count). The lowest BCUT2D eigenvalue weighted by molar-refractivity contribution is 0.573. The van der Waals surface area contributed by atoms with Gasteiger partial charge in [0.2, 0.25) is 0 Å². The van der Waals surface area contributed by atoms with E-state index in [0.29, 0.717) is 12.0 Å². The molecule has 0 bridgehead atoms. The van der Waals surface area contributed by atoms with E-state index in [0.717, 1.165) is 19.4 Å². The number of rotatable bonds is 3. The number of hydrogen-bond donors (Lipinski definition) is 1. The Morgan fingerprint density at radius 3 is 3.08 bits per heavy atom. The van der Waals surface area contributed by atoms with Gasteiger partial charge >= 0.3 is 0 Å². The fourth-order valence-electron chi connectivity index (χ4n) is 1.61. The van der Waals surface area contributed by atoms with Gasteiger partial charge in [-0.1, -0.05) is 6.92 Å². The molecule has 2 unspecified atom stereocenters. The van der Waals surface area contributed by atoms with E-state index in [9.17, 15) is 0 Å². The van der Waals surface area contributed by atoms with Gasteiger partial charge in [0.1, 0.15) is 0 Å². The van der Waals surface area contributed by atoms with E-state index in [1.165, 1.54) is 5.69 Å². The Balaban J connectivity index is 2.14. The summed E-state index contributed by atoms with van der Waals surface area (Å²) in [4.78, 5) is 0. The van der Waals surface area contributed by atoms with Gasteiger partial charge < -0.3 is 5.73 Å². The van der Waals surface area contributed by atoms with Crippen LogP contribution in [0.2, 0.25) is 0 Å². The minimum Gasteiger partial charge on any atom is -0.327 e. The second-order valence-corrected chi connectivity index (χ2v) is 3.49. The molecular weight excluding hydrogens is 150 g/mol. The van der Waals surface area contributed by atoms with E-state index < -0.39 is 0 Å². The average molecular weight is 165 g/mol. The van der Waals surface area contributed by atoms with Gasteiger partial charge in [0.15, 0.2) is 0 Å². The molecule has 0 radical (unpaired) electrons. The molecule has 0 saturated heterocycles. The van der Waals surface area contributed by atoms with Crippen LogP contribution in [0.5, 0.6) is 0 Å². The average Bonchev–Trinajstić information content (AvgIpc) is 2.62. The van der Waals surface area contributed by atoms with Crippen LogP contribution in [0.25, 0.3) is 0 Å². The molecule has 1 aliphatic rings. The first-order chi connectivity index (χ1) is 5.83. The summed E-state index contributed by atoms with van der Waals surface area (Å²) in [6.45, 7) is 3.18. The predicted octanol–water partition coefficient (Wildman–Crippen LogP) is 1.11. The van der Waals surface area contributed by atoms with Gasteiger partial charge in [-0.25, -0.2) is 0 Å². The standard InChI is InChI=1S/C9H15N3/c1-2-5-12-9(3-4-11-12)7-6-8(7)10/h3-4,7-8H,2,5-6,10H2,1H3. The maximum absolute atomic E-state index is 5.78. The van der Waals surface area contributed by atoms with Crippen molar-refractivity contribution in [2.45, 2.75) is 38.3 Å². The van der Waals surface area contributed by atoms with Crippen LogP contribution in [0.3, 0.4) is 0 Å². The lowest BCUT2D eigenvalue weighted by Crippen LogP contribution is -2.07. The summed E-state index contributed by atoms with van der Waals surface area (Å²) in [7, 11) is 0. The number of aryl methyl sites for hydroxylation is 1. The molecule has 0 aromatic carbocycles. The summed E-state index contributed by atoms with van der Waals surface area (Å²) < 4.78 is 2.08. The predicted molar refractivity (Wildman–Crippen MR) is 47.9 cm³/mol. The first-order valence-corrected chi connectivity index (χ1v) is 4.60. The number of nitrogens with two attached hydrogens (primary N) is 1. The Hall–Kier alpha value is -0.830. The largest absolute Gasteiger partial charge is 0.327 e. The molecule has 1 fully saturated rings. The molecular formula is C9H15N3. The van der Waals surface area contributed by atoms with Crippen LogP contribution in [-0.2, 0) is 6.54 Å². The van der Waals surface area contributed by atoms with Crippen LogP contribution in [0.1, 0.15) is 31.4 Å². The van der Waals surface area contributed by atoms with E-state index in [1.807, 2.05) is 6.20 Å². The maximum Gasteiger partial charge on any atom is 0.0492 e. The van der Waals surface area contributed by atoms with Gasteiger partial charge in [-0.15, -0.1) is 0 Å². The minimum absolute atomic E-state index is 0.386. The molecule has 1 aromatic rings. The first kappa shape index (κ1) is 7.80. The Morgan fingerprint density at radius 1 is 1.75 bits per heavy atom. The van der Waals surface area contributed by atoms with Gasteiger partial charge in [-0.3, -0.25) is 4.68 Å². The van der Waals surface area contributed by atoms with Gasteiger partial charge in [-0.05, 0) is 18.9 Å². The van der Waals surface area contributed by atoms with E-state index in [2.05, 4.69) is 22.8 Å². The Morgan fingerprint density at radius 2 is 2.50 bits per heavy atom. The van der Waals surface area contributed by atoms with Crippen molar-refractivity contribution in [2.24, 2.45) is 5.73 Å². The molecule has 1 aliphatic carbocycles. The first-order valence-electron chi connectivity index (χ1n) is 4.60. The van der Waals surface area contributed by atoms with E-state index in [4.69, 9.17) is 5.73 Å². The van der Waals surface area contributed by atoms with Crippen molar-refractivity contribution in [1.82, 2.24) is 9.78 Å². The summed E-state index contributed by atoms with van der Waals surface area (Å²) >= 11 is 0. The molecule has 2 N–H and O–H groups in total. The molecule has 12 heavy (non-hydrogen) atoms. The maximum atomic E-state index is 5.78. The summed E-state index contributed by atoms with van der Waals surface area (Å²) in [6.07, 6.45) is 4.14. The minimum atomic E-state index is 0.386. The molecule has 66 valence electrons. The highest BCUT2D eigenvalue weighted by atomic mass is 15.3. The third-order valence-electron chi connectivity index (χ3n) is 2.40. The summed E-state index contributed by atoms with van der Waals surface area (Å²) in [6, 6.07) is 2.48. The van der Waals surface area contributed by atoms with Gasteiger partial charge in [0.05, 0.1) is 0 Å². The smallest absolute Gasteiger partial charge is 0.0492 e. The lowest BCUT2D eigenvalue weighted by atomic mass is 10.3. The summed E-state index contributed by atoms with van der Waals surface area (Å²) in [5, 5.41) is 4.26. The van der Waals surface area contributed by atoms with Crippen LogP contribution in [-0.4, -0.2) is 15.8 Å². The highest BCUT2D eigenvalue weighted by molar-refractivity contribution is 5.19. The van der Waals surface area contributed by atoms with Crippen LogP contribution < -0.4 is 5.73 Å². The fourth-order valence-corrected chi connectivity index (χ4v) is 1.61. The van der Waals surface area contributed by atoms with E-state index in [1.54, 1.807) is 0 Å². The van der Waals surface area contributed by atoms with Crippen molar-refractivity contribution in [1.29, 1.82) is 0 Å². The van der Waals surface area contributed by atoms with Crippen molar-refractivity contribution >= 4 is 0 Å². The molecule has 3 heteroatoms. The monoisotopic (exact) mass is 165 g/mol. The van der Waals surface area contributed by atoms with Crippen molar-refractivity contribution < 1.29 is 0 Å². The zero-order chi connectivity index (χ0) is 8.55. The highest BCUT2D eigenvalue weighted by Crippen LogP contribution is 2.38. The van der Waals surface area contributed by atoms with Crippen LogP contribution in [0.15, 0.2) is 12.3 Å². The highest BCUT2D eigenvalue weighted by Gasteiger charge is 2.37. The molecule has 1 heterocycles. The Kier molecular flexibility index (Phi) is 1.89.